The quantitative estimate of drug-likeness (QED) is 0.0622. The van der Waals surface area contributed by atoms with Crippen molar-refractivity contribution in [3.05, 3.63) is 154 Å². The van der Waals surface area contributed by atoms with E-state index in [-0.39, 0.29) is 17.3 Å². The van der Waals surface area contributed by atoms with Crippen LogP contribution in [0, 0.1) is 17.0 Å². The smallest absolute Gasteiger partial charge is 0.272 e. The molecule has 1 unspecified atom stereocenters. The van der Waals surface area contributed by atoms with Crippen LogP contribution >= 0.6 is 11.8 Å². The zero-order chi connectivity index (χ0) is 32.5. The largest absolute Gasteiger partial charge is 0.360 e. The molecule has 46 heavy (non-hydrogen) atoms. The maximum Gasteiger partial charge on any atom is 0.272 e. The van der Waals surface area contributed by atoms with Gasteiger partial charge in [-0.05, 0) is 72.7 Å². The number of nitro groups is 1. The molecule has 1 aromatic heterocycles. The summed E-state index contributed by atoms with van der Waals surface area (Å²) >= 11 is 1.32. The van der Waals surface area contributed by atoms with Crippen molar-refractivity contribution in [1.29, 1.82) is 0 Å². The van der Waals surface area contributed by atoms with Crippen LogP contribution in [0.3, 0.4) is 0 Å². The van der Waals surface area contributed by atoms with Crippen LogP contribution in [0.5, 0.6) is 0 Å². The Kier molecular flexibility index (Phi) is 10.0. The molecule has 0 spiro atoms. The number of carbonyl (C=O) groups is 3. The van der Waals surface area contributed by atoms with Crippen LogP contribution in [0.15, 0.2) is 130 Å². The second-order valence-electron chi connectivity index (χ2n) is 9.93. The van der Waals surface area contributed by atoms with Crippen molar-refractivity contribution >= 4 is 52.8 Å². The topological polar surface area (TPSA) is 156 Å². The minimum Gasteiger partial charge on any atom is -0.360 e. The van der Waals surface area contributed by atoms with Gasteiger partial charge in [0.2, 0.25) is 5.91 Å². The molecule has 5 rings (SSSR count). The number of nitrogens with zero attached hydrogens (tertiary/aromatic N) is 2. The monoisotopic (exact) mass is 633 g/mol. The molecule has 0 aliphatic heterocycles. The molecule has 3 N–H and O–H groups in total. The van der Waals surface area contributed by atoms with Gasteiger partial charge in [0, 0.05) is 34.3 Å². The number of hydrogen-bond donors (Lipinski definition) is 3. The number of benzene rings is 4. The summed E-state index contributed by atoms with van der Waals surface area (Å²) in [5, 5.41) is 22.5. The Bertz CT molecular complexity index is 1880. The minimum atomic E-state index is -0.608. The number of amides is 3. The molecule has 5 aromatic rings. The Morgan fingerprint density at radius 3 is 2.13 bits per heavy atom. The molecular formula is C34H27N5O6S. The molecule has 0 saturated carbocycles. The van der Waals surface area contributed by atoms with Crippen LogP contribution in [0.1, 0.15) is 32.5 Å². The lowest BCUT2D eigenvalue weighted by atomic mass is 10.1. The zero-order valence-corrected chi connectivity index (χ0v) is 25.2. The maximum atomic E-state index is 13.4. The summed E-state index contributed by atoms with van der Waals surface area (Å²) in [7, 11) is 0. The average molecular weight is 634 g/mol. The number of nitro benzene ring substituents is 1. The van der Waals surface area contributed by atoms with Crippen LogP contribution in [0.4, 0.5) is 17.2 Å². The molecule has 11 nitrogen and oxygen atoms in total. The zero-order valence-electron chi connectivity index (χ0n) is 24.4. The second kappa shape index (κ2) is 14.6. The van der Waals surface area contributed by atoms with E-state index < -0.39 is 22.0 Å². The molecule has 4 aromatic carbocycles. The maximum absolute atomic E-state index is 13.4. The van der Waals surface area contributed by atoms with Crippen LogP contribution in [0.25, 0.3) is 6.08 Å². The first-order chi connectivity index (χ1) is 22.2. The highest BCUT2D eigenvalue weighted by Gasteiger charge is 2.23. The Morgan fingerprint density at radius 2 is 1.52 bits per heavy atom. The summed E-state index contributed by atoms with van der Waals surface area (Å²) in [6.07, 6.45) is 1.43. The summed E-state index contributed by atoms with van der Waals surface area (Å²) in [6.45, 7) is 1.73. The van der Waals surface area contributed by atoms with Gasteiger partial charge in [-0.25, -0.2) is 0 Å². The van der Waals surface area contributed by atoms with Gasteiger partial charge in [-0.15, -0.1) is 11.8 Å². The highest BCUT2D eigenvalue weighted by molar-refractivity contribution is 8.00. The average Bonchev–Trinajstić information content (AvgIpc) is 3.48. The fourth-order valence-electron chi connectivity index (χ4n) is 4.27. The highest BCUT2D eigenvalue weighted by atomic mass is 32.2. The van der Waals surface area contributed by atoms with Gasteiger partial charge in [0.25, 0.3) is 17.5 Å². The Balaban J connectivity index is 1.33. The summed E-state index contributed by atoms with van der Waals surface area (Å²) in [5.74, 6) is -0.493. The van der Waals surface area contributed by atoms with Crippen molar-refractivity contribution < 1.29 is 23.8 Å². The number of rotatable bonds is 11. The summed E-state index contributed by atoms with van der Waals surface area (Å²) in [4.78, 5) is 50.9. The first-order valence-corrected chi connectivity index (χ1v) is 14.8. The predicted molar refractivity (Wildman–Crippen MR) is 175 cm³/mol. The normalized spacial score (nSPS) is 11.7. The van der Waals surface area contributed by atoms with Crippen LogP contribution in [-0.2, 0) is 9.59 Å². The van der Waals surface area contributed by atoms with Crippen molar-refractivity contribution in [2.45, 2.75) is 17.1 Å². The molecule has 0 saturated heterocycles. The molecule has 12 heteroatoms. The minimum absolute atomic E-state index is 0.0648. The SMILES string of the molecule is Cc1cc(NC(=O)C(Sc2ccc(NC(=O)/C(=C/c3ccc([N+](=O)[O-])cc3)NC(=O)c3ccccc3)cc2)c2ccccc2)no1. The number of thioether (sulfide) groups is 1. The predicted octanol–water partition coefficient (Wildman–Crippen LogP) is 6.77. The second-order valence-corrected chi connectivity index (χ2v) is 11.1. The lowest BCUT2D eigenvalue weighted by Gasteiger charge is -2.16. The molecule has 0 fully saturated rings. The Hall–Kier alpha value is -6.01. The number of carbonyl (C=O) groups excluding carboxylic acids is 3. The molecule has 3 amide bonds. The number of anilines is 2. The number of nitrogens with one attached hydrogen (secondary N) is 3. The van der Waals surface area contributed by atoms with Crippen molar-refractivity contribution in [2.24, 2.45) is 0 Å². The van der Waals surface area contributed by atoms with Crippen molar-refractivity contribution in [1.82, 2.24) is 10.5 Å². The first-order valence-electron chi connectivity index (χ1n) is 13.9. The van der Waals surface area contributed by atoms with E-state index in [9.17, 15) is 24.5 Å². The number of aryl methyl sites for hydroxylation is 1. The highest BCUT2D eigenvalue weighted by Crippen LogP contribution is 2.36. The lowest BCUT2D eigenvalue weighted by molar-refractivity contribution is -0.384. The molecule has 1 heterocycles. The third-order valence-electron chi connectivity index (χ3n) is 6.53. The van der Waals surface area contributed by atoms with Crippen LogP contribution in [0.2, 0.25) is 0 Å². The van der Waals surface area contributed by atoms with E-state index in [0.717, 1.165) is 10.5 Å². The molecule has 1 atom stereocenters. The Labute approximate surface area is 267 Å². The number of non-ortho nitro benzene ring substituents is 1. The summed E-state index contributed by atoms with van der Waals surface area (Å²) in [6, 6.07) is 31.8. The van der Waals surface area contributed by atoms with E-state index in [1.807, 2.05) is 30.3 Å². The van der Waals surface area contributed by atoms with E-state index in [1.165, 1.54) is 42.1 Å². The van der Waals surface area contributed by atoms with Gasteiger partial charge in [0.05, 0.1) is 4.92 Å². The molecular weight excluding hydrogens is 606 g/mol. The van der Waals surface area contributed by atoms with E-state index >= 15 is 0 Å². The summed E-state index contributed by atoms with van der Waals surface area (Å²) < 4.78 is 5.06. The van der Waals surface area contributed by atoms with Crippen LogP contribution in [-0.4, -0.2) is 27.8 Å². The van der Waals surface area contributed by atoms with E-state index in [2.05, 4.69) is 21.1 Å². The van der Waals surface area contributed by atoms with E-state index in [4.69, 9.17) is 4.52 Å². The molecule has 0 radical (unpaired) electrons. The lowest BCUT2D eigenvalue weighted by Crippen LogP contribution is -2.30. The van der Waals surface area contributed by atoms with Crippen molar-refractivity contribution in [3.63, 3.8) is 0 Å². The Morgan fingerprint density at radius 1 is 0.870 bits per heavy atom. The first kappa shape index (κ1) is 31.4. The van der Waals surface area contributed by atoms with Gasteiger partial charge >= 0.3 is 0 Å². The van der Waals surface area contributed by atoms with Crippen LogP contribution < -0.4 is 16.0 Å². The van der Waals surface area contributed by atoms with Crippen molar-refractivity contribution in [3.8, 4) is 0 Å². The molecule has 0 aliphatic carbocycles. The van der Waals surface area contributed by atoms with E-state index in [0.29, 0.717) is 28.4 Å². The van der Waals surface area contributed by atoms with Gasteiger partial charge in [-0.3, -0.25) is 24.5 Å². The van der Waals surface area contributed by atoms with Gasteiger partial charge in [-0.1, -0.05) is 53.7 Å². The molecule has 230 valence electrons. The summed E-state index contributed by atoms with van der Waals surface area (Å²) in [5.41, 5.74) is 1.89. The van der Waals surface area contributed by atoms with Crippen molar-refractivity contribution in [2.75, 3.05) is 10.6 Å². The van der Waals surface area contributed by atoms with E-state index in [1.54, 1.807) is 67.6 Å². The molecule has 0 aliphatic rings. The fraction of sp³-hybridized carbons (Fsp3) is 0.0588. The fourth-order valence-corrected chi connectivity index (χ4v) is 5.30. The third-order valence-corrected chi connectivity index (χ3v) is 7.80. The van der Waals surface area contributed by atoms with Gasteiger partial charge < -0.3 is 20.5 Å². The third kappa shape index (κ3) is 8.33. The van der Waals surface area contributed by atoms with Gasteiger partial charge in [0.1, 0.15) is 16.7 Å². The van der Waals surface area contributed by atoms with Gasteiger partial charge in [-0.2, -0.15) is 0 Å². The molecule has 0 bridgehead atoms. The number of aromatic nitrogens is 1. The van der Waals surface area contributed by atoms with Gasteiger partial charge in [0.15, 0.2) is 5.82 Å². The standard InChI is InChI=1S/C34H27N5O6S/c1-22-20-30(38-45-22)37-34(42)31(24-8-4-2-5-9-24)46-28-18-14-26(15-19-28)35-33(41)29(36-32(40)25-10-6-3-7-11-25)21-23-12-16-27(17-13-23)39(43)44/h2-21,31H,1H3,(H,35,41)(H,36,40)(H,37,38,42)/b29-21-. The number of hydrogen-bond acceptors (Lipinski definition) is 8.